The smallest absolute Gasteiger partial charge is 0.196 e. The van der Waals surface area contributed by atoms with Crippen LogP contribution >= 0.6 is 0 Å². The highest BCUT2D eigenvalue weighted by atomic mass is 16.3. The van der Waals surface area contributed by atoms with E-state index in [0.29, 0.717) is 16.7 Å². The van der Waals surface area contributed by atoms with Crippen molar-refractivity contribution in [3.8, 4) is 17.2 Å². The highest BCUT2D eigenvalue weighted by Gasteiger charge is 2.16. The van der Waals surface area contributed by atoms with Crippen LogP contribution in [0.15, 0.2) is 30.3 Å². The average molecular weight is 258 g/mol. The van der Waals surface area contributed by atoms with E-state index in [-0.39, 0.29) is 28.6 Å². The Morgan fingerprint density at radius 2 is 1.53 bits per heavy atom. The molecule has 0 amide bonds. The minimum atomic E-state index is -0.358. The van der Waals surface area contributed by atoms with E-state index < -0.39 is 0 Å². The summed E-state index contributed by atoms with van der Waals surface area (Å²) in [5, 5.41) is 28.6. The van der Waals surface area contributed by atoms with Crippen LogP contribution < -0.4 is 0 Å². The lowest BCUT2D eigenvalue weighted by atomic mass is 9.98. The SMILES string of the molecule is Cc1cc(C(=O)c2ccc(O)cc2O)cc(C)c1O. The number of aromatic hydroxyl groups is 3. The van der Waals surface area contributed by atoms with Crippen LogP contribution in [0.5, 0.6) is 17.2 Å². The first-order valence-corrected chi connectivity index (χ1v) is 5.77. The monoisotopic (exact) mass is 258 g/mol. The molecule has 0 saturated heterocycles. The van der Waals surface area contributed by atoms with Crippen molar-refractivity contribution >= 4 is 5.78 Å². The number of carbonyl (C=O) groups excluding carboxylic acids is 1. The Labute approximate surface area is 110 Å². The van der Waals surface area contributed by atoms with Gasteiger partial charge < -0.3 is 15.3 Å². The van der Waals surface area contributed by atoms with Gasteiger partial charge in [0.2, 0.25) is 0 Å². The summed E-state index contributed by atoms with van der Waals surface area (Å²) in [6, 6.07) is 6.96. The van der Waals surface area contributed by atoms with E-state index in [4.69, 9.17) is 0 Å². The predicted octanol–water partition coefficient (Wildman–Crippen LogP) is 2.65. The number of carbonyl (C=O) groups is 1. The molecule has 19 heavy (non-hydrogen) atoms. The molecule has 4 nitrogen and oxygen atoms in total. The Morgan fingerprint density at radius 3 is 2.05 bits per heavy atom. The molecule has 0 aliphatic rings. The molecule has 0 aliphatic carbocycles. The van der Waals surface area contributed by atoms with E-state index in [1.807, 2.05) is 0 Å². The number of aryl methyl sites for hydroxylation is 2. The van der Waals surface area contributed by atoms with E-state index in [2.05, 4.69) is 0 Å². The van der Waals surface area contributed by atoms with Crippen molar-refractivity contribution in [2.24, 2.45) is 0 Å². The van der Waals surface area contributed by atoms with Crippen LogP contribution in [-0.4, -0.2) is 21.1 Å². The number of benzene rings is 2. The lowest BCUT2D eigenvalue weighted by Crippen LogP contribution is -2.03. The number of phenols is 3. The first-order chi connectivity index (χ1) is 8.90. The van der Waals surface area contributed by atoms with Crippen LogP contribution in [-0.2, 0) is 0 Å². The molecule has 0 heterocycles. The molecule has 2 aromatic rings. The minimum absolute atomic E-state index is 0.105. The van der Waals surface area contributed by atoms with Gasteiger partial charge in [0.15, 0.2) is 5.78 Å². The number of hydrogen-bond acceptors (Lipinski definition) is 4. The number of rotatable bonds is 2. The number of phenolic OH excluding ortho intramolecular Hbond substituents is 3. The Bertz CT molecular complexity index is 636. The van der Waals surface area contributed by atoms with Gasteiger partial charge in [-0.05, 0) is 49.2 Å². The van der Waals surface area contributed by atoms with Crippen molar-refractivity contribution in [3.63, 3.8) is 0 Å². The maximum absolute atomic E-state index is 12.3. The Kier molecular flexibility index (Phi) is 3.17. The molecule has 0 bridgehead atoms. The van der Waals surface area contributed by atoms with Gasteiger partial charge in [0.25, 0.3) is 0 Å². The first kappa shape index (κ1) is 13.0. The molecule has 0 atom stereocenters. The van der Waals surface area contributed by atoms with Crippen molar-refractivity contribution in [1.82, 2.24) is 0 Å². The first-order valence-electron chi connectivity index (χ1n) is 5.77. The van der Waals surface area contributed by atoms with E-state index in [0.717, 1.165) is 6.07 Å². The summed E-state index contributed by atoms with van der Waals surface area (Å²) in [4.78, 5) is 12.3. The zero-order valence-corrected chi connectivity index (χ0v) is 10.6. The fraction of sp³-hybridized carbons (Fsp3) is 0.133. The van der Waals surface area contributed by atoms with Gasteiger partial charge in [-0.15, -0.1) is 0 Å². The topological polar surface area (TPSA) is 77.8 Å². The summed E-state index contributed by atoms with van der Waals surface area (Å²) in [6.45, 7) is 3.41. The normalized spacial score (nSPS) is 10.4. The van der Waals surface area contributed by atoms with Crippen molar-refractivity contribution < 1.29 is 20.1 Å². The number of ketones is 1. The molecule has 4 heteroatoms. The zero-order chi connectivity index (χ0) is 14.2. The lowest BCUT2D eigenvalue weighted by molar-refractivity contribution is 0.103. The lowest BCUT2D eigenvalue weighted by Gasteiger charge is -2.08. The Morgan fingerprint density at radius 1 is 0.947 bits per heavy atom. The molecular formula is C15H14O4. The van der Waals surface area contributed by atoms with Crippen LogP contribution in [0.1, 0.15) is 27.0 Å². The van der Waals surface area contributed by atoms with Gasteiger partial charge in [-0.2, -0.15) is 0 Å². The van der Waals surface area contributed by atoms with Crippen molar-refractivity contribution in [1.29, 1.82) is 0 Å². The molecule has 0 aromatic heterocycles. The summed E-state index contributed by atoms with van der Waals surface area (Å²) in [5.74, 6) is -0.573. The van der Waals surface area contributed by atoms with E-state index in [9.17, 15) is 20.1 Å². The van der Waals surface area contributed by atoms with E-state index >= 15 is 0 Å². The fourth-order valence-corrected chi connectivity index (χ4v) is 1.95. The van der Waals surface area contributed by atoms with Crippen LogP contribution in [0.4, 0.5) is 0 Å². The molecule has 98 valence electrons. The van der Waals surface area contributed by atoms with Crippen molar-refractivity contribution in [3.05, 3.63) is 52.6 Å². The Hall–Kier alpha value is -2.49. The standard InChI is InChI=1S/C15H14O4/c1-8-5-10(6-9(2)14(8)18)15(19)12-4-3-11(16)7-13(12)17/h3-7,16-18H,1-2H3. The quantitative estimate of drug-likeness (QED) is 0.724. The summed E-state index contributed by atoms with van der Waals surface area (Å²) < 4.78 is 0. The van der Waals surface area contributed by atoms with Gasteiger partial charge in [0, 0.05) is 11.6 Å². The van der Waals surface area contributed by atoms with Crippen molar-refractivity contribution in [2.75, 3.05) is 0 Å². The molecule has 2 aromatic carbocycles. The molecule has 0 unspecified atom stereocenters. The maximum Gasteiger partial charge on any atom is 0.196 e. The highest BCUT2D eigenvalue weighted by molar-refractivity contribution is 6.11. The third-order valence-corrected chi connectivity index (χ3v) is 2.98. The van der Waals surface area contributed by atoms with Crippen LogP contribution in [0, 0.1) is 13.8 Å². The van der Waals surface area contributed by atoms with Gasteiger partial charge in [0.1, 0.15) is 17.2 Å². The molecule has 0 saturated carbocycles. The fourth-order valence-electron chi connectivity index (χ4n) is 1.95. The second kappa shape index (κ2) is 4.65. The molecular weight excluding hydrogens is 244 g/mol. The summed E-state index contributed by atoms with van der Waals surface area (Å²) in [7, 11) is 0. The van der Waals surface area contributed by atoms with E-state index in [1.165, 1.54) is 12.1 Å². The second-order valence-electron chi connectivity index (χ2n) is 4.49. The van der Waals surface area contributed by atoms with Crippen molar-refractivity contribution in [2.45, 2.75) is 13.8 Å². The third kappa shape index (κ3) is 2.38. The average Bonchev–Trinajstić information content (AvgIpc) is 2.34. The molecule has 0 fully saturated rings. The van der Waals surface area contributed by atoms with Crippen LogP contribution in [0.25, 0.3) is 0 Å². The Balaban J connectivity index is 2.50. The van der Waals surface area contributed by atoms with E-state index in [1.54, 1.807) is 26.0 Å². The molecule has 2 rings (SSSR count). The van der Waals surface area contributed by atoms with Gasteiger partial charge in [-0.1, -0.05) is 0 Å². The molecule has 3 N–H and O–H groups in total. The highest BCUT2D eigenvalue weighted by Crippen LogP contribution is 2.28. The second-order valence-corrected chi connectivity index (χ2v) is 4.49. The summed E-state index contributed by atoms with van der Waals surface area (Å²) >= 11 is 0. The largest absolute Gasteiger partial charge is 0.508 e. The van der Waals surface area contributed by atoms with Gasteiger partial charge in [-0.3, -0.25) is 4.79 Å². The minimum Gasteiger partial charge on any atom is -0.508 e. The van der Waals surface area contributed by atoms with Crippen LogP contribution in [0.2, 0.25) is 0 Å². The summed E-state index contributed by atoms with van der Waals surface area (Å²) in [6.07, 6.45) is 0. The molecule has 0 spiro atoms. The third-order valence-electron chi connectivity index (χ3n) is 2.98. The van der Waals surface area contributed by atoms with Gasteiger partial charge in [-0.25, -0.2) is 0 Å². The molecule has 0 aliphatic heterocycles. The zero-order valence-electron chi connectivity index (χ0n) is 10.6. The van der Waals surface area contributed by atoms with Gasteiger partial charge in [0.05, 0.1) is 5.56 Å². The van der Waals surface area contributed by atoms with Gasteiger partial charge >= 0.3 is 0 Å². The summed E-state index contributed by atoms with van der Waals surface area (Å²) in [5.41, 5.74) is 1.69. The maximum atomic E-state index is 12.3. The molecule has 0 radical (unpaired) electrons. The van der Waals surface area contributed by atoms with Crippen LogP contribution in [0.3, 0.4) is 0 Å². The number of hydrogen-bond donors (Lipinski definition) is 3. The predicted molar refractivity (Wildman–Crippen MR) is 70.8 cm³/mol.